The number of benzene rings is 3. The van der Waals surface area contributed by atoms with Gasteiger partial charge in [0.15, 0.2) is 0 Å². The van der Waals surface area contributed by atoms with Crippen LogP contribution in [-0.4, -0.2) is 17.6 Å². The fourth-order valence-corrected chi connectivity index (χ4v) is 5.49. The quantitative estimate of drug-likeness (QED) is 0.433. The van der Waals surface area contributed by atoms with E-state index in [1.807, 2.05) is 60.7 Å². The molecule has 0 radical (unpaired) electrons. The number of rotatable bonds is 5. The maximum absolute atomic E-state index is 13.8. The fourth-order valence-electron chi connectivity index (χ4n) is 4.32. The average molecular weight is 507 g/mol. The van der Waals surface area contributed by atoms with Gasteiger partial charge in [0.05, 0.1) is 34.8 Å². The van der Waals surface area contributed by atoms with Crippen molar-refractivity contribution in [2.45, 2.75) is 5.92 Å². The zero-order valence-electron chi connectivity index (χ0n) is 19.8. The van der Waals surface area contributed by atoms with Crippen molar-refractivity contribution < 1.29 is 9.53 Å². The lowest BCUT2D eigenvalue weighted by atomic mass is 9.83. The van der Waals surface area contributed by atoms with Gasteiger partial charge in [-0.15, -0.1) is 11.3 Å². The van der Waals surface area contributed by atoms with Crippen molar-refractivity contribution in [1.29, 1.82) is 5.26 Å². The number of ether oxygens (including phenoxy) is 1. The number of amides is 1. The molecule has 1 atom stereocenters. The molecule has 37 heavy (non-hydrogen) atoms. The molecule has 0 saturated carbocycles. The van der Waals surface area contributed by atoms with E-state index in [0.29, 0.717) is 20.6 Å². The SMILES string of the molecule is COc1ccc(NC(=O)C2=c3s/c(=C\c4ccccc4)c(=O)n3C(N)=C(C#N)C2c2ccccc2)cc1. The first-order valence-electron chi connectivity index (χ1n) is 11.4. The van der Waals surface area contributed by atoms with Gasteiger partial charge in [0.1, 0.15) is 16.2 Å². The predicted molar refractivity (Wildman–Crippen MR) is 145 cm³/mol. The highest BCUT2D eigenvalue weighted by Crippen LogP contribution is 2.36. The number of anilines is 1. The van der Waals surface area contributed by atoms with Crippen molar-refractivity contribution in [2.24, 2.45) is 5.73 Å². The highest BCUT2D eigenvalue weighted by Gasteiger charge is 2.35. The normalized spacial score (nSPS) is 15.2. The third-order valence-corrected chi connectivity index (χ3v) is 7.20. The van der Waals surface area contributed by atoms with Crippen molar-refractivity contribution >= 4 is 40.4 Å². The number of methoxy groups -OCH3 is 1. The molecular formula is C29H22N4O3S. The largest absolute Gasteiger partial charge is 0.497 e. The van der Waals surface area contributed by atoms with Crippen molar-refractivity contribution in [2.75, 3.05) is 12.4 Å². The summed E-state index contributed by atoms with van der Waals surface area (Å²) in [5.41, 5.74) is 8.59. The Hall–Kier alpha value is -4.87. The molecule has 4 aromatic rings. The first-order valence-corrected chi connectivity index (χ1v) is 12.3. The summed E-state index contributed by atoms with van der Waals surface area (Å²) in [6.45, 7) is 0. The number of nitriles is 1. The molecule has 1 aliphatic rings. The Kier molecular flexibility index (Phi) is 6.45. The Morgan fingerprint density at radius 3 is 2.32 bits per heavy atom. The van der Waals surface area contributed by atoms with Gasteiger partial charge in [0.25, 0.3) is 11.5 Å². The molecule has 7 nitrogen and oxygen atoms in total. The molecule has 0 saturated heterocycles. The molecule has 3 aromatic carbocycles. The molecule has 0 aliphatic carbocycles. The number of allylic oxidation sites excluding steroid dienone is 1. The third kappa shape index (κ3) is 4.44. The molecule has 1 aromatic heterocycles. The van der Waals surface area contributed by atoms with Crippen LogP contribution in [0, 0.1) is 11.3 Å². The highest BCUT2D eigenvalue weighted by atomic mass is 32.1. The second-order valence-electron chi connectivity index (χ2n) is 8.32. The monoisotopic (exact) mass is 506 g/mol. The van der Waals surface area contributed by atoms with Crippen molar-refractivity contribution in [1.82, 2.24) is 4.57 Å². The van der Waals surface area contributed by atoms with E-state index in [-0.39, 0.29) is 22.5 Å². The van der Waals surface area contributed by atoms with Gasteiger partial charge in [0, 0.05) is 5.69 Å². The molecule has 0 fully saturated rings. The summed E-state index contributed by atoms with van der Waals surface area (Å²) >= 11 is 1.18. The molecule has 2 heterocycles. The number of carbonyl (C=O) groups is 1. The summed E-state index contributed by atoms with van der Waals surface area (Å²) in [5, 5.41) is 13.1. The number of carbonyl (C=O) groups excluding carboxylic acids is 1. The van der Waals surface area contributed by atoms with Gasteiger partial charge < -0.3 is 15.8 Å². The summed E-state index contributed by atoms with van der Waals surface area (Å²) < 4.78 is 7.28. The number of nitrogens with zero attached hydrogens (tertiary/aromatic N) is 2. The van der Waals surface area contributed by atoms with Gasteiger partial charge in [-0.25, -0.2) is 0 Å². The van der Waals surface area contributed by atoms with Crippen LogP contribution in [0.15, 0.2) is 95.3 Å². The van der Waals surface area contributed by atoms with E-state index in [9.17, 15) is 14.9 Å². The van der Waals surface area contributed by atoms with Crippen LogP contribution in [0.4, 0.5) is 5.69 Å². The zero-order chi connectivity index (χ0) is 25.9. The summed E-state index contributed by atoms with van der Waals surface area (Å²) in [5.74, 6) is -0.491. The first kappa shape index (κ1) is 23.9. The summed E-state index contributed by atoms with van der Waals surface area (Å²) in [6, 6.07) is 27.7. The lowest BCUT2D eigenvalue weighted by molar-refractivity contribution is -0.111. The number of hydrogen-bond donors (Lipinski definition) is 2. The van der Waals surface area contributed by atoms with Crippen LogP contribution in [0.2, 0.25) is 0 Å². The van der Waals surface area contributed by atoms with Gasteiger partial charge in [-0.1, -0.05) is 60.7 Å². The molecule has 0 spiro atoms. The van der Waals surface area contributed by atoms with E-state index < -0.39 is 11.8 Å². The molecule has 1 amide bonds. The van der Waals surface area contributed by atoms with E-state index in [1.54, 1.807) is 37.5 Å². The number of aromatic nitrogens is 1. The van der Waals surface area contributed by atoms with Gasteiger partial charge >= 0.3 is 0 Å². The Morgan fingerprint density at radius 2 is 1.70 bits per heavy atom. The van der Waals surface area contributed by atoms with E-state index >= 15 is 0 Å². The predicted octanol–water partition coefficient (Wildman–Crippen LogP) is 2.98. The maximum Gasteiger partial charge on any atom is 0.274 e. The number of thiazole rings is 1. The van der Waals surface area contributed by atoms with Gasteiger partial charge in [0.2, 0.25) is 0 Å². The van der Waals surface area contributed by atoms with E-state index in [2.05, 4.69) is 11.4 Å². The molecule has 3 N–H and O–H groups in total. The molecular weight excluding hydrogens is 484 g/mol. The summed E-state index contributed by atoms with van der Waals surface area (Å²) in [6.07, 6.45) is 1.76. The average Bonchev–Trinajstić information content (AvgIpc) is 3.25. The van der Waals surface area contributed by atoms with E-state index in [4.69, 9.17) is 10.5 Å². The minimum absolute atomic E-state index is 0.0290. The van der Waals surface area contributed by atoms with Crippen molar-refractivity contribution in [3.05, 3.63) is 121 Å². The highest BCUT2D eigenvalue weighted by molar-refractivity contribution is 7.07. The van der Waals surface area contributed by atoms with Crippen LogP contribution >= 0.6 is 11.3 Å². The molecule has 0 bridgehead atoms. The lowest BCUT2D eigenvalue weighted by Gasteiger charge is -2.25. The smallest absolute Gasteiger partial charge is 0.274 e. The molecule has 8 heteroatoms. The number of nitrogens with one attached hydrogen (secondary N) is 1. The Labute approximate surface area is 216 Å². The number of hydrogen-bond acceptors (Lipinski definition) is 6. The van der Waals surface area contributed by atoms with Crippen molar-refractivity contribution in [3.63, 3.8) is 0 Å². The topological polar surface area (TPSA) is 110 Å². The zero-order valence-corrected chi connectivity index (χ0v) is 20.7. The molecule has 182 valence electrons. The standard InChI is InChI=1S/C29H22N4O3S/c1-36-21-14-12-20(13-15-21)32-27(34)25-24(19-10-6-3-7-11-19)22(17-30)26(31)33-28(35)23(37-29(25)33)16-18-8-4-2-5-9-18/h2-16,24H,31H2,1H3,(H,32,34)/b23-16-. The minimum Gasteiger partial charge on any atom is -0.497 e. The second kappa shape index (κ2) is 10.0. The van der Waals surface area contributed by atoms with Crippen LogP contribution in [0.3, 0.4) is 0 Å². The lowest BCUT2D eigenvalue weighted by Crippen LogP contribution is -2.40. The maximum atomic E-state index is 13.8. The Morgan fingerprint density at radius 1 is 1.05 bits per heavy atom. The fraction of sp³-hybridized carbons (Fsp3) is 0.0690. The van der Waals surface area contributed by atoms with Crippen LogP contribution in [-0.2, 0) is 4.79 Å². The first-order chi connectivity index (χ1) is 18.0. The van der Waals surface area contributed by atoms with Crippen LogP contribution in [0.1, 0.15) is 17.0 Å². The van der Waals surface area contributed by atoms with Crippen LogP contribution in [0.5, 0.6) is 5.75 Å². The van der Waals surface area contributed by atoms with Crippen LogP contribution < -0.4 is 30.5 Å². The molecule has 1 aliphatic heterocycles. The number of fused-ring (bicyclic) bond motifs is 1. The molecule has 5 rings (SSSR count). The minimum atomic E-state index is -0.743. The number of nitrogens with two attached hydrogens (primary N) is 1. The Balaban J connectivity index is 1.77. The van der Waals surface area contributed by atoms with E-state index in [1.165, 1.54) is 15.9 Å². The molecule has 1 unspecified atom stereocenters. The Bertz CT molecular complexity index is 1730. The van der Waals surface area contributed by atoms with Gasteiger partial charge in [-0.2, -0.15) is 5.26 Å². The van der Waals surface area contributed by atoms with Crippen LogP contribution in [0.25, 0.3) is 17.5 Å². The third-order valence-electron chi connectivity index (χ3n) is 6.09. The summed E-state index contributed by atoms with van der Waals surface area (Å²) in [7, 11) is 1.57. The van der Waals surface area contributed by atoms with Crippen molar-refractivity contribution in [3.8, 4) is 11.8 Å². The van der Waals surface area contributed by atoms with Gasteiger partial charge in [-0.05, 0) is 41.5 Å². The summed E-state index contributed by atoms with van der Waals surface area (Å²) in [4.78, 5) is 27.3. The van der Waals surface area contributed by atoms with Gasteiger partial charge in [-0.3, -0.25) is 14.2 Å². The second-order valence-corrected chi connectivity index (χ2v) is 9.35. The van der Waals surface area contributed by atoms with E-state index in [0.717, 1.165) is 11.1 Å².